The second-order valence-electron chi connectivity index (χ2n) is 9.71. The van der Waals surface area contributed by atoms with Gasteiger partial charge in [-0.25, -0.2) is 8.42 Å². The van der Waals surface area contributed by atoms with E-state index in [-0.39, 0.29) is 60.2 Å². The summed E-state index contributed by atoms with van der Waals surface area (Å²) in [6, 6.07) is 6.29. The average molecular weight is 497 g/mol. The Morgan fingerprint density at radius 3 is 2.44 bits per heavy atom. The fourth-order valence-electron chi connectivity index (χ4n) is 3.65. The lowest BCUT2D eigenvalue weighted by atomic mass is 9.77. The molecule has 2 atom stereocenters. The number of benzene rings is 1. The van der Waals surface area contributed by atoms with Crippen LogP contribution in [0.4, 0.5) is 0 Å². The van der Waals surface area contributed by atoms with E-state index in [2.05, 4.69) is 26.1 Å². The molecular weight excluding hydrogens is 460 g/mol. The Labute approximate surface area is 202 Å². The highest BCUT2D eigenvalue weighted by Gasteiger charge is 2.35. The van der Waals surface area contributed by atoms with Gasteiger partial charge in [-0.1, -0.05) is 20.8 Å². The monoisotopic (exact) mass is 496 g/mol. The van der Waals surface area contributed by atoms with Crippen molar-refractivity contribution >= 4 is 15.9 Å². The Hall–Kier alpha value is -2.14. The average Bonchev–Trinajstić information content (AvgIpc) is 3.61. The van der Waals surface area contributed by atoms with E-state index in [1.54, 1.807) is 12.1 Å². The number of nitrogens with zero attached hydrogens (tertiary/aromatic N) is 1. The van der Waals surface area contributed by atoms with Gasteiger partial charge in [0.1, 0.15) is 5.75 Å². The first-order chi connectivity index (χ1) is 16.0. The van der Waals surface area contributed by atoms with E-state index in [9.17, 15) is 18.3 Å². The first-order valence-corrected chi connectivity index (χ1v) is 13.0. The molecule has 0 unspecified atom stereocenters. The van der Waals surface area contributed by atoms with E-state index < -0.39 is 16.3 Å². The number of ether oxygens (including phenoxy) is 3. The van der Waals surface area contributed by atoms with E-state index in [1.165, 1.54) is 23.5 Å². The number of sulfonamides is 1. The standard InChI is InChI=1S/C24H36N2O7S/c1-24(2,3)17-15-21(23(28)25-18-5-6-18)33-22(16-17)32-14-12-26(11-13-27)34(29,30)20-9-7-19(31-4)8-10-20/h7-10,15,17-18,22,27H,5-6,11-14,16H2,1-4H3,(H,25,28)/t17-,22+/m1/s1. The first kappa shape index (κ1) is 26.5. The van der Waals surface area contributed by atoms with E-state index >= 15 is 0 Å². The molecule has 1 fully saturated rings. The van der Waals surface area contributed by atoms with Crippen LogP contribution in [0.5, 0.6) is 5.75 Å². The van der Waals surface area contributed by atoms with Crippen LogP contribution in [0.15, 0.2) is 41.0 Å². The number of carbonyl (C=O) groups excluding carboxylic acids is 1. The summed E-state index contributed by atoms with van der Waals surface area (Å²) in [5, 5.41) is 12.4. The van der Waals surface area contributed by atoms with Crippen molar-refractivity contribution < 1.29 is 32.5 Å². The fraction of sp³-hybridized carbons (Fsp3) is 0.625. The van der Waals surface area contributed by atoms with Crippen molar-refractivity contribution in [1.29, 1.82) is 0 Å². The van der Waals surface area contributed by atoms with Crippen LogP contribution in [0.1, 0.15) is 40.0 Å². The number of allylic oxidation sites excluding steroid dienone is 1. The molecular formula is C24H36N2O7S. The SMILES string of the molecule is COc1ccc(S(=O)(=O)N(CCO)CCO[C@@H]2C[C@H](C(C)(C)C)C=C(C(=O)NC3CC3)O2)cc1. The maximum atomic E-state index is 13.1. The van der Waals surface area contributed by atoms with Gasteiger partial charge in [0, 0.05) is 25.6 Å². The number of nitrogens with one attached hydrogen (secondary N) is 1. The lowest BCUT2D eigenvalue weighted by Gasteiger charge is -2.36. The van der Waals surface area contributed by atoms with Crippen molar-refractivity contribution in [3.63, 3.8) is 0 Å². The molecule has 0 aromatic heterocycles. The summed E-state index contributed by atoms with van der Waals surface area (Å²) in [4.78, 5) is 12.7. The third-order valence-corrected chi connectivity index (χ3v) is 7.91. The summed E-state index contributed by atoms with van der Waals surface area (Å²) in [5.41, 5.74) is -0.100. The molecule has 190 valence electrons. The van der Waals surface area contributed by atoms with Crippen molar-refractivity contribution in [3.8, 4) is 5.75 Å². The minimum absolute atomic E-state index is 0.0300. The van der Waals surface area contributed by atoms with Gasteiger partial charge < -0.3 is 24.6 Å². The summed E-state index contributed by atoms with van der Waals surface area (Å²) in [5.74, 6) is 0.617. The normalized spacial score (nSPS) is 21.1. The minimum atomic E-state index is -3.83. The molecule has 34 heavy (non-hydrogen) atoms. The van der Waals surface area contributed by atoms with Crippen molar-refractivity contribution in [2.24, 2.45) is 11.3 Å². The van der Waals surface area contributed by atoms with Crippen LogP contribution in [-0.4, -0.2) is 69.5 Å². The number of hydrogen-bond acceptors (Lipinski definition) is 7. The number of aliphatic hydroxyl groups excluding tert-OH is 1. The van der Waals surface area contributed by atoms with Crippen molar-refractivity contribution in [3.05, 3.63) is 36.1 Å². The summed E-state index contributed by atoms with van der Waals surface area (Å²) in [6.07, 6.45) is 3.70. The molecule has 9 nitrogen and oxygen atoms in total. The number of rotatable bonds is 11. The predicted octanol–water partition coefficient (Wildman–Crippen LogP) is 2.27. The zero-order valence-electron chi connectivity index (χ0n) is 20.3. The lowest BCUT2D eigenvalue weighted by molar-refractivity contribution is -0.153. The van der Waals surface area contributed by atoms with E-state index in [4.69, 9.17) is 14.2 Å². The summed E-state index contributed by atoms with van der Waals surface area (Å²) < 4.78 is 44.1. The summed E-state index contributed by atoms with van der Waals surface area (Å²) >= 11 is 0. The van der Waals surface area contributed by atoms with Gasteiger partial charge in [-0.15, -0.1) is 0 Å². The molecule has 0 bridgehead atoms. The third kappa shape index (κ3) is 6.94. The zero-order chi connectivity index (χ0) is 24.9. The van der Waals surface area contributed by atoms with Crippen molar-refractivity contribution in [2.45, 2.75) is 57.3 Å². The Bertz CT molecular complexity index is 966. The number of methoxy groups -OCH3 is 1. The second kappa shape index (κ2) is 11.1. The van der Waals surface area contributed by atoms with Crippen LogP contribution in [0.3, 0.4) is 0 Å². The number of hydrogen-bond donors (Lipinski definition) is 2. The van der Waals surface area contributed by atoms with Gasteiger partial charge in [0.05, 0.1) is 25.2 Å². The van der Waals surface area contributed by atoms with Gasteiger partial charge in [0.25, 0.3) is 5.91 Å². The quantitative estimate of drug-likeness (QED) is 0.483. The van der Waals surface area contributed by atoms with E-state index in [0.717, 1.165) is 12.8 Å². The van der Waals surface area contributed by atoms with E-state index in [1.807, 2.05) is 6.08 Å². The molecule has 1 saturated carbocycles. The topological polar surface area (TPSA) is 114 Å². The van der Waals surface area contributed by atoms with Gasteiger partial charge in [-0.3, -0.25) is 4.79 Å². The fourth-order valence-corrected chi connectivity index (χ4v) is 5.07. The van der Waals surface area contributed by atoms with Gasteiger partial charge in [-0.05, 0) is 54.5 Å². The smallest absolute Gasteiger partial charge is 0.286 e. The number of aliphatic hydroxyl groups is 1. The Morgan fingerprint density at radius 1 is 1.21 bits per heavy atom. The van der Waals surface area contributed by atoms with Crippen molar-refractivity contribution in [1.82, 2.24) is 9.62 Å². The van der Waals surface area contributed by atoms with Crippen LogP contribution >= 0.6 is 0 Å². The Kier molecular flexibility index (Phi) is 8.62. The second-order valence-corrected chi connectivity index (χ2v) is 11.6. The maximum absolute atomic E-state index is 13.1. The van der Waals surface area contributed by atoms with Gasteiger partial charge in [0.15, 0.2) is 5.76 Å². The predicted molar refractivity (Wildman–Crippen MR) is 126 cm³/mol. The molecule has 1 aromatic carbocycles. The molecule has 1 aliphatic carbocycles. The Balaban J connectivity index is 1.64. The van der Waals surface area contributed by atoms with Crippen LogP contribution in [0, 0.1) is 11.3 Å². The van der Waals surface area contributed by atoms with Crippen LogP contribution in [-0.2, 0) is 24.3 Å². The van der Waals surface area contributed by atoms with Gasteiger partial charge >= 0.3 is 0 Å². The molecule has 1 amide bonds. The molecule has 0 radical (unpaired) electrons. The highest BCUT2D eigenvalue weighted by molar-refractivity contribution is 7.89. The molecule has 0 saturated heterocycles. The molecule has 1 aliphatic heterocycles. The van der Waals surface area contributed by atoms with Crippen molar-refractivity contribution in [2.75, 3.05) is 33.4 Å². The summed E-state index contributed by atoms with van der Waals surface area (Å²) in [6.45, 7) is 5.97. The summed E-state index contributed by atoms with van der Waals surface area (Å²) in [7, 11) is -2.33. The lowest BCUT2D eigenvalue weighted by Crippen LogP contribution is -2.39. The van der Waals surface area contributed by atoms with Gasteiger partial charge in [0.2, 0.25) is 16.3 Å². The highest BCUT2D eigenvalue weighted by Crippen LogP contribution is 2.36. The molecule has 2 N–H and O–H groups in total. The number of amides is 1. The highest BCUT2D eigenvalue weighted by atomic mass is 32.2. The third-order valence-electron chi connectivity index (χ3n) is 6.00. The first-order valence-electron chi connectivity index (χ1n) is 11.6. The van der Waals surface area contributed by atoms with Crippen LogP contribution in [0.2, 0.25) is 0 Å². The van der Waals surface area contributed by atoms with E-state index in [0.29, 0.717) is 12.2 Å². The molecule has 0 spiro atoms. The minimum Gasteiger partial charge on any atom is -0.497 e. The van der Waals surface area contributed by atoms with Crippen LogP contribution in [0.25, 0.3) is 0 Å². The number of carbonyl (C=O) groups is 1. The molecule has 2 aliphatic rings. The zero-order valence-corrected chi connectivity index (χ0v) is 21.1. The Morgan fingerprint density at radius 2 is 1.88 bits per heavy atom. The molecule has 3 rings (SSSR count). The molecule has 1 heterocycles. The largest absolute Gasteiger partial charge is 0.497 e. The molecule has 10 heteroatoms. The molecule has 1 aromatic rings. The maximum Gasteiger partial charge on any atom is 0.286 e. The van der Waals surface area contributed by atoms with Gasteiger partial charge in [-0.2, -0.15) is 4.31 Å². The van der Waals surface area contributed by atoms with Crippen LogP contribution < -0.4 is 10.1 Å².